The summed E-state index contributed by atoms with van der Waals surface area (Å²) in [6.07, 6.45) is 5.33. The molecule has 0 aromatic rings. The minimum absolute atomic E-state index is 0.0781. The Morgan fingerprint density at radius 1 is 1.16 bits per heavy atom. The maximum atomic E-state index is 12.7. The average Bonchev–Trinajstić information content (AvgIpc) is 2.63. The molecule has 0 aromatic heterocycles. The fourth-order valence-electron chi connectivity index (χ4n) is 2.63. The van der Waals surface area contributed by atoms with Crippen molar-refractivity contribution in [2.45, 2.75) is 58.4 Å². The molecule has 0 bridgehead atoms. The molecule has 5 nitrogen and oxygen atoms in total. The first-order valence-electron chi connectivity index (χ1n) is 7.45. The summed E-state index contributed by atoms with van der Waals surface area (Å²) in [5.74, 6) is 0. The van der Waals surface area contributed by atoms with Crippen LogP contribution >= 0.6 is 0 Å². The average molecular weight is 292 g/mol. The highest BCUT2D eigenvalue weighted by Crippen LogP contribution is 2.22. The maximum absolute atomic E-state index is 12.7. The minimum atomic E-state index is -3.43. The first-order valence-corrected chi connectivity index (χ1v) is 8.85. The number of hydrogen-bond donors (Lipinski definition) is 1. The van der Waals surface area contributed by atoms with Crippen molar-refractivity contribution < 1.29 is 13.5 Å². The molecule has 114 valence electrons. The second-order valence-electron chi connectivity index (χ2n) is 5.20. The Morgan fingerprint density at radius 3 is 2.32 bits per heavy atom. The number of aliphatic hydroxyl groups excluding tert-OH is 1. The summed E-state index contributed by atoms with van der Waals surface area (Å²) in [6, 6.07) is -0.247. The molecule has 1 rings (SSSR count). The van der Waals surface area contributed by atoms with Crippen LogP contribution in [0.15, 0.2) is 0 Å². The second kappa shape index (κ2) is 8.19. The zero-order valence-corrected chi connectivity index (χ0v) is 13.0. The van der Waals surface area contributed by atoms with Crippen molar-refractivity contribution in [3.05, 3.63) is 0 Å². The standard InChI is InChI=1S/C13H28N2O3S/c1-3-9-14(10-4-2)19(17,18)15-11-7-5-6-8-13(15)12-16/h13,16H,3-12H2,1-2H3. The van der Waals surface area contributed by atoms with Crippen LogP contribution in [0.4, 0.5) is 0 Å². The highest BCUT2D eigenvalue weighted by Gasteiger charge is 2.34. The third-order valence-corrected chi connectivity index (χ3v) is 5.69. The largest absolute Gasteiger partial charge is 0.395 e. The summed E-state index contributed by atoms with van der Waals surface area (Å²) < 4.78 is 28.6. The van der Waals surface area contributed by atoms with Crippen molar-refractivity contribution >= 4 is 10.2 Å². The van der Waals surface area contributed by atoms with Crippen LogP contribution < -0.4 is 0 Å². The van der Waals surface area contributed by atoms with Gasteiger partial charge >= 0.3 is 0 Å². The third-order valence-electron chi connectivity index (χ3n) is 3.60. The highest BCUT2D eigenvalue weighted by atomic mass is 32.2. The van der Waals surface area contributed by atoms with E-state index in [-0.39, 0.29) is 12.6 Å². The van der Waals surface area contributed by atoms with E-state index in [0.29, 0.717) is 19.6 Å². The Hall–Kier alpha value is -0.170. The Kier molecular flexibility index (Phi) is 7.28. The highest BCUT2D eigenvalue weighted by molar-refractivity contribution is 7.86. The van der Waals surface area contributed by atoms with E-state index in [9.17, 15) is 13.5 Å². The molecule has 0 amide bonds. The monoisotopic (exact) mass is 292 g/mol. The van der Waals surface area contributed by atoms with Gasteiger partial charge in [-0.1, -0.05) is 26.7 Å². The van der Waals surface area contributed by atoms with Crippen molar-refractivity contribution in [2.24, 2.45) is 0 Å². The summed E-state index contributed by atoms with van der Waals surface area (Å²) in [6.45, 7) is 5.56. The smallest absolute Gasteiger partial charge is 0.282 e. The van der Waals surface area contributed by atoms with Gasteiger partial charge in [0.1, 0.15) is 0 Å². The summed E-state index contributed by atoms with van der Waals surface area (Å²) in [5.41, 5.74) is 0. The molecule has 1 saturated heterocycles. The molecule has 0 aromatic carbocycles. The molecule has 6 heteroatoms. The first kappa shape index (κ1) is 16.9. The van der Waals surface area contributed by atoms with Crippen molar-refractivity contribution in [1.82, 2.24) is 8.61 Å². The molecule has 19 heavy (non-hydrogen) atoms. The van der Waals surface area contributed by atoms with Crippen molar-refractivity contribution in [1.29, 1.82) is 0 Å². The van der Waals surface area contributed by atoms with Crippen molar-refractivity contribution in [2.75, 3.05) is 26.2 Å². The quantitative estimate of drug-likeness (QED) is 0.775. The van der Waals surface area contributed by atoms with Crippen LogP contribution in [0, 0.1) is 0 Å². The van der Waals surface area contributed by atoms with Gasteiger partial charge in [-0.05, 0) is 25.7 Å². The van der Waals surface area contributed by atoms with E-state index in [1.54, 1.807) is 4.31 Å². The van der Waals surface area contributed by atoms with Crippen LogP contribution in [0.1, 0.15) is 52.4 Å². The van der Waals surface area contributed by atoms with Gasteiger partial charge in [0.25, 0.3) is 10.2 Å². The van der Waals surface area contributed by atoms with Crippen LogP contribution in [0.3, 0.4) is 0 Å². The van der Waals surface area contributed by atoms with Gasteiger partial charge in [-0.15, -0.1) is 0 Å². The lowest BCUT2D eigenvalue weighted by atomic mass is 10.1. The number of nitrogens with zero attached hydrogens (tertiary/aromatic N) is 2. The summed E-state index contributed by atoms with van der Waals surface area (Å²) in [4.78, 5) is 0. The molecule has 1 heterocycles. The Bertz CT molecular complexity index is 340. The Balaban J connectivity index is 2.92. The molecular weight excluding hydrogens is 264 g/mol. The molecule has 1 fully saturated rings. The summed E-state index contributed by atoms with van der Waals surface area (Å²) in [5, 5.41) is 9.47. The lowest BCUT2D eigenvalue weighted by Gasteiger charge is -2.33. The van der Waals surface area contributed by atoms with E-state index in [4.69, 9.17) is 0 Å². The van der Waals surface area contributed by atoms with E-state index in [2.05, 4.69) is 0 Å². The van der Waals surface area contributed by atoms with Gasteiger partial charge in [-0.25, -0.2) is 0 Å². The first-order chi connectivity index (χ1) is 9.07. The van der Waals surface area contributed by atoms with E-state index in [1.807, 2.05) is 13.8 Å². The van der Waals surface area contributed by atoms with Gasteiger partial charge in [0.05, 0.1) is 6.61 Å². The molecule has 1 aliphatic heterocycles. The number of rotatable bonds is 7. The normalized spacial score (nSPS) is 22.6. The van der Waals surface area contributed by atoms with Crippen LogP contribution in [0.25, 0.3) is 0 Å². The van der Waals surface area contributed by atoms with E-state index in [0.717, 1.165) is 38.5 Å². The van der Waals surface area contributed by atoms with Crippen molar-refractivity contribution in [3.63, 3.8) is 0 Å². The predicted molar refractivity (Wildman–Crippen MR) is 77.1 cm³/mol. The second-order valence-corrected chi connectivity index (χ2v) is 7.08. The molecule has 0 saturated carbocycles. The van der Waals surface area contributed by atoms with Gasteiger partial charge in [0.2, 0.25) is 0 Å². The lowest BCUT2D eigenvalue weighted by molar-refractivity contribution is 0.178. The molecule has 0 spiro atoms. The van der Waals surface area contributed by atoms with E-state index >= 15 is 0 Å². The summed E-state index contributed by atoms with van der Waals surface area (Å²) in [7, 11) is -3.43. The SMILES string of the molecule is CCCN(CCC)S(=O)(=O)N1CCCCCC1CO. The fraction of sp³-hybridized carbons (Fsp3) is 1.00. The van der Waals surface area contributed by atoms with Crippen LogP contribution in [-0.4, -0.2) is 54.4 Å². The molecule has 0 radical (unpaired) electrons. The van der Waals surface area contributed by atoms with Gasteiger partial charge < -0.3 is 5.11 Å². The molecule has 1 atom stereocenters. The molecule has 1 aliphatic rings. The molecule has 1 N–H and O–H groups in total. The van der Waals surface area contributed by atoms with E-state index < -0.39 is 10.2 Å². The van der Waals surface area contributed by atoms with E-state index in [1.165, 1.54) is 4.31 Å². The topological polar surface area (TPSA) is 60.9 Å². The van der Waals surface area contributed by atoms with Crippen LogP contribution in [-0.2, 0) is 10.2 Å². The summed E-state index contributed by atoms with van der Waals surface area (Å²) >= 11 is 0. The lowest BCUT2D eigenvalue weighted by Crippen LogP contribution is -2.50. The number of aliphatic hydroxyl groups is 1. The Morgan fingerprint density at radius 2 is 1.79 bits per heavy atom. The minimum Gasteiger partial charge on any atom is -0.395 e. The van der Waals surface area contributed by atoms with Gasteiger partial charge in [-0.2, -0.15) is 17.0 Å². The number of hydrogen-bond acceptors (Lipinski definition) is 3. The van der Waals surface area contributed by atoms with Crippen molar-refractivity contribution in [3.8, 4) is 0 Å². The van der Waals surface area contributed by atoms with Gasteiger partial charge in [-0.3, -0.25) is 0 Å². The Labute approximate surface area is 117 Å². The zero-order chi connectivity index (χ0) is 14.3. The molecule has 1 unspecified atom stereocenters. The molecular formula is C13H28N2O3S. The predicted octanol–water partition coefficient (Wildman–Crippen LogP) is 1.59. The maximum Gasteiger partial charge on any atom is 0.282 e. The fourth-order valence-corrected chi connectivity index (χ4v) is 4.66. The van der Waals surface area contributed by atoms with Crippen LogP contribution in [0.5, 0.6) is 0 Å². The zero-order valence-electron chi connectivity index (χ0n) is 12.2. The van der Waals surface area contributed by atoms with Gasteiger partial charge in [0.15, 0.2) is 0 Å². The molecule has 0 aliphatic carbocycles. The third kappa shape index (κ3) is 4.41. The van der Waals surface area contributed by atoms with Gasteiger partial charge in [0, 0.05) is 25.7 Å². The van der Waals surface area contributed by atoms with Crippen LogP contribution in [0.2, 0.25) is 0 Å².